The third-order valence-corrected chi connectivity index (χ3v) is 5.47. The van der Waals surface area contributed by atoms with Crippen LogP contribution in [0.15, 0.2) is 36.4 Å². The van der Waals surface area contributed by atoms with Gasteiger partial charge in [-0.1, -0.05) is 12.1 Å². The normalized spacial score (nSPS) is 22.4. The van der Waals surface area contributed by atoms with Crippen LogP contribution in [0.1, 0.15) is 17.2 Å². The first kappa shape index (κ1) is 19.4. The van der Waals surface area contributed by atoms with Crippen molar-refractivity contribution in [3.63, 3.8) is 0 Å². The zero-order chi connectivity index (χ0) is 20.4. The maximum Gasteiger partial charge on any atom is 0.312 e. The largest absolute Gasteiger partial charge is 0.493 e. The van der Waals surface area contributed by atoms with Crippen LogP contribution < -0.4 is 18.9 Å². The van der Waals surface area contributed by atoms with Crippen molar-refractivity contribution in [3.8, 4) is 23.0 Å². The van der Waals surface area contributed by atoms with E-state index in [-0.39, 0.29) is 18.7 Å². The molecule has 0 radical (unpaired) electrons. The molecule has 29 heavy (non-hydrogen) atoms. The zero-order valence-corrected chi connectivity index (χ0v) is 16.7. The number of hydrogen-bond donors (Lipinski definition) is 0. The van der Waals surface area contributed by atoms with Gasteiger partial charge in [0, 0.05) is 5.92 Å². The molecule has 0 amide bonds. The van der Waals surface area contributed by atoms with E-state index >= 15 is 0 Å². The summed E-state index contributed by atoms with van der Waals surface area (Å²) in [6.45, 7) is 0.685. The summed E-state index contributed by atoms with van der Waals surface area (Å²) in [7, 11) is 4.57. The van der Waals surface area contributed by atoms with Crippen LogP contribution in [0.3, 0.4) is 0 Å². The van der Waals surface area contributed by atoms with Crippen LogP contribution in [0.5, 0.6) is 23.0 Å². The van der Waals surface area contributed by atoms with Crippen molar-refractivity contribution in [1.82, 2.24) is 0 Å². The average molecular weight is 400 g/mol. The third-order valence-electron chi connectivity index (χ3n) is 5.47. The molecule has 0 aliphatic carbocycles. The topological polar surface area (TPSA) is 72.5 Å². The van der Waals surface area contributed by atoms with Crippen LogP contribution >= 0.6 is 0 Å². The molecule has 0 bridgehead atoms. The number of ether oxygens (including phenoxy) is 6. The van der Waals surface area contributed by atoms with Gasteiger partial charge >= 0.3 is 5.97 Å². The number of esters is 1. The van der Waals surface area contributed by atoms with Crippen molar-refractivity contribution < 1.29 is 33.2 Å². The first-order valence-corrected chi connectivity index (χ1v) is 9.44. The van der Waals surface area contributed by atoms with E-state index in [9.17, 15) is 4.79 Å². The summed E-state index contributed by atoms with van der Waals surface area (Å²) in [6.07, 6.45) is 0.251. The van der Waals surface area contributed by atoms with E-state index in [4.69, 9.17) is 28.4 Å². The quantitative estimate of drug-likeness (QED) is 0.690. The van der Waals surface area contributed by atoms with Gasteiger partial charge in [0.15, 0.2) is 23.0 Å². The Morgan fingerprint density at radius 1 is 1.00 bits per heavy atom. The van der Waals surface area contributed by atoms with E-state index in [0.717, 1.165) is 22.6 Å². The van der Waals surface area contributed by atoms with Gasteiger partial charge in [0.2, 0.25) is 6.79 Å². The summed E-state index contributed by atoms with van der Waals surface area (Å²) in [6, 6.07) is 11.4. The van der Waals surface area contributed by atoms with Crippen LogP contribution in [0.2, 0.25) is 0 Å². The van der Waals surface area contributed by atoms with Crippen LogP contribution in [-0.4, -0.2) is 40.7 Å². The number of rotatable bonds is 6. The smallest absolute Gasteiger partial charge is 0.312 e. The van der Waals surface area contributed by atoms with Crippen molar-refractivity contribution >= 4 is 5.97 Å². The predicted octanol–water partition coefficient (Wildman–Crippen LogP) is 3.15. The van der Waals surface area contributed by atoms with Gasteiger partial charge < -0.3 is 28.4 Å². The molecule has 1 fully saturated rings. The van der Waals surface area contributed by atoms with E-state index < -0.39 is 12.0 Å². The zero-order valence-electron chi connectivity index (χ0n) is 16.7. The second-order valence-corrected chi connectivity index (χ2v) is 7.07. The summed E-state index contributed by atoms with van der Waals surface area (Å²) in [5.74, 6) is 1.95. The molecule has 2 heterocycles. The lowest BCUT2D eigenvalue weighted by Gasteiger charge is -2.22. The number of benzene rings is 2. The molecule has 4 rings (SSSR count). The van der Waals surface area contributed by atoms with E-state index in [2.05, 4.69) is 0 Å². The summed E-state index contributed by atoms with van der Waals surface area (Å²) in [5.41, 5.74) is 1.91. The molecule has 2 aromatic carbocycles. The van der Waals surface area contributed by atoms with Crippen LogP contribution in [0, 0.1) is 11.8 Å². The molecule has 7 heteroatoms. The average Bonchev–Trinajstić information content (AvgIpc) is 3.39. The number of carbonyl (C=O) groups excluding carboxylic acids is 1. The predicted molar refractivity (Wildman–Crippen MR) is 104 cm³/mol. The van der Waals surface area contributed by atoms with Gasteiger partial charge in [-0.25, -0.2) is 0 Å². The number of methoxy groups -OCH3 is 3. The van der Waals surface area contributed by atoms with E-state index in [1.54, 1.807) is 14.2 Å². The van der Waals surface area contributed by atoms with Gasteiger partial charge in [0.1, 0.15) is 0 Å². The Bertz CT molecular complexity index is 895. The maximum atomic E-state index is 12.7. The number of carbonyl (C=O) groups is 1. The molecule has 0 N–H and O–H groups in total. The lowest BCUT2D eigenvalue weighted by atomic mass is 9.83. The molecule has 0 spiro atoms. The molecular formula is C22H24O7. The van der Waals surface area contributed by atoms with Gasteiger partial charge in [-0.15, -0.1) is 0 Å². The molecule has 154 valence electrons. The Labute approximate surface area is 169 Å². The van der Waals surface area contributed by atoms with E-state index in [0.29, 0.717) is 24.5 Å². The third kappa shape index (κ3) is 3.70. The van der Waals surface area contributed by atoms with Crippen LogP contribution in [-0.2, 0) is 20.7 Å². The highest BCUT2D eigenvalue weighted by atomic mass is 16.7. The fourth-order valence-corrected chi connectivity index (χ4v) is 4.02. The lowest BCUT2D eigenvalue weighted by molar-refractivity contribution is -0.148. The molecule has 2 aromatic rings. The second kappa shape index (κ2) is 8.21. The summed E-state index contributed by atoms with van der Waals surface area (Å²) >= 11 is 0. The van der Waals surface area contributed by atoms with Crippen molar-refractivity contribution in [2.75, 3.05) is 34.7 Å². The fraction of sp³-hybridized carbons (Fsp3) is 0.409. The summed E-state index contributed by atoms with van der Waals surface area (Å²) in [5, 5.41) is 0. The molecule has 0 aromatic heterocycles. The molecular weight excluding hydrogens is 376 g/mol. The minimum atomic E-state index is -0.427. The SMILES string of the molecule is COC(=O)[C@@H]1[C@H](Cc2ccc3c(c2)OCO3)CO[C@H]1c1ccc(OC)c(OC)c1. The van der Waals surface area contributed by atoms with Crippen molar-refractivity contribution in [3.05, 3.63) is 47.5 Å². The molecule has 2 aliphatic heterocycles. The van der Waals surface area contributed by atoms with E-state index in [1.165, 1.54) is 7.11 Å². The Morgan fingerprint density at radius 3 is 2.55 bits per heavy atom. The minimum Gasteiger partial charge on any atom is -0.493 e. The second-order valence-electron chi connectivity index (χ2n) is 7.07. The molecule has 7 nitrogen and oxygen atoms in total. The number of fused-ring (bicyclic) bond motifs is 1. The lowest BCUT2D eigenvalue weighted by Crippen LogP contribution is -2.27. The summed E-state index contributed by atoms with van der Waals surface area (Å²) in [4.78, 5) is 12.7. The molecule has 0 unspecified atom stereocenters. The summed E-state index contributed by atoms with van der Waals surface area (Å²) < 4.78 is 32.7. The van der Waals surface area contributed by atoms with Gasteiger partial charge in [0.25, 0.3) is 0 Å². The maximum absolute atomic E-state index is 12.7. The van der Waals surface area contributed by atoms with Crippen LogP contribution in [0.25, 0.3) is 0 Å². The first-order chi connectivity index (χ1) is 14.1. The minimum absolute atomic E-state index is 0.0269. The van der Waals surface area contributed by atoms with Crippen LogP contribution in [0.4, 0.5) is 0 Å². The Morgan fingerprint density at radius 2 is 1.79 bits per heavy atom. The monoisotopic (exact) mass is 400 g/mol. The van der Waals surface area contributed by atoms with E-state index in [1.807, 2.05) is 36.4 Å². The molecule has 2 aliphatic rings. The Balaban J connectivity index is 1.59. The van der Waals surface area contributed by atoms with Crippen molar-refractivity contribution in [1.29, 1.82) is 0 Å². The Kier molecular flexibility index (Phi) is 5.49. The molecule has 3 atom stereocenters. The Hall–Kier alpha value is -2.93. The highest BCUT2D eigenvalue weighted by Gasteiger charge is 2.44. The van der Waals surface area contributed by atoms with Crippen molar-refractivity contribution in [2.24, 2.45) is 11.8 Å². The van der Waals surface area contributed by atoms with Crippen molar-refractivity contribution in [2.45, 2.75) is 12.5 Å². The number of hydrogen-bond acceptors (Lipinski definition) is 7. The molecule has 1 saturated heterocycles. The van der Waals surface area contributed by atoms with Gasteiger partial charge in [0.05, 0.1) is 40.0 Å². The first-order valence-electron chi connectivity index (χ1n) is 9.44. The fourth-order valence-electron chi connectivity index (χ4n) is 4.02. The standard InChI is InChI=1S/C22H24O7/c1-24-16-7-5-14(10-18(16)25-2)21-20(22(23)26-3)15(11-27-21)8-13-4-6-17-19(9-13)29-12-28-17/h4-7,9-10,15,20-21H,8,11-12H2,1-3H3/t15-,20-,21+/m1/s1. The highest BCUT2D eigenvalue weighted by molar-refractivity contribution is 5.74. The van der Waals surface area contributed by atoms with Gasteiger partial charge in [-0.2, -0.15) is 0 Å². The molecule has 0 saturated carbocycles. The van der Waals surface area contributed by atoms with Gasteiger partial charge in [-0.3, -0.25) is 4.79 Å². The van der Waals surface area contributed by atoms with Gasteiger partial charge in [-0.05, 0) is 41.8 Å². The highest BCUT2D eigenvalue weighted by Crippen LogP contribution is 2.43.